The van der Waals surface area contributed by atoms with Crippen LogP contribution in [-0.4, -0.2) is 30.9 Å². The number of hydrogen-bond donors (Lipinski definition) is 1. The van der Waals surface area contributed by atoms with Gasteiger partial charge in [-0.05, 0) is 30.5 Å². The molecule has 0 saturated heterocycles. The van der Waals surface area contributed by atoms with Gasteiger partial charge in [0.15, 0.2) is 0 Å². The summed E-state index contributed by atoms with van der Waals surface area (Å²) in [4.78, 5) is 0.177. The maximum absolute atomic E-state index is 12.5. The van der Waals surface area contributed by atoms with Crippen LogP contribution in [0.2, 0.25) is 5.02 Å². The Balaban J connectivity index is 3.14. The van der Waals surface area contributed by atoms with Crippen molar-refractivity contribution in [3.8, 4) is 0 Å². The molecule has 1 rings (SSSR count). The molecule has 19 heavy (non-hydrogen) atoms. The quantitative estimate of drug-likeness (QED) is 0.842. The average molecular weight is 306 g/mol. The number of rotatable bonds is 7. The molecule has 1 aromatic carbocycles. The molecule has 0 amide bonds. The van der Waals surface area contributed by atoms with Crippen LogP contribution in [0.5, 0.6) is 0 Å². The smallest absolute Gasteiger partial charge is 0.243 e. The molecular weight excluding hydrogens is 286 g/mol. The summed E-state index contributed by atoms with van der Waals surface area (Å²) in [5, 5.41) is 9.32. The molecule has 0 aliphatic carbocycles. The van der Waals surface area contributed by atoms with Gasteiger partial charge in [0.25, 0.3) is 0 Å². The first-order chi connectivity index (χ1) is 8.97. The molecule has 0 bridgehead atoms. The molecule has 0 aromatic heterocycles. The second-order valence-electron chi connectivity index (χ2n) is 4.32. The topological polar surface area (TPSA) is 57.6 Å². The Morgan fingerprint density at radius 1 is 1.21 bits per heavy atom. The van der Waals surface area contributed by atoms with Gasteiger partial charge >= 0.3 is 0 Å². The van der Waals surface area contributed by atoms with Crippen LogP contribution in [0, 0.1) is 0 Å². The van der Waals surface area contributed by atoms with Crippen LogP contribution in [0.3, 0.4) is 0 Å². The highest BCUT2D eigenvalue weighted by atomic mass is 35.5. The standard InChI is InChI=1S/C13H20ClNO3S/c1-3-7-15(8-4-2)19(17,18)12-6-5-11(10-16)13(14)9-12/h5-6,9,16H,3-4,7-8,10H2,1-2H3. The molecule has 4 nitrogen and oxygen atoms in total. The molecule has 0 aliphatic heterocycles. The van der Waals surface area contributed by atoms with Crippen LogP contribution < -0.4 is 0 Å². The van der Waals surface area contributed by atoms with Gasteiger partial charge in [0.2, 0.25) is 10.0 Å². The maximum Gasteiger partial charge on any atom is 0.243 e. The van der Waals surface area contributed by atoms with E-state index in [0.717, 1.165) is 12.8 Å². The van der Waals surface area contributed by atoms with Crippen molar-refractivity contribution in [1.29, 1.82) is 0 Å². The van der Waals surface area contributed by atoms with Gasteiger partial charge < -0.3 is 5.11 Å². The minimum Gasteiger partial charge on any atom is -0.392 e. The van der Waals surface area contributed by atoms with E-state index in [9.17, 15) is 8.42 Å². The summed E-state index contributed by atoms with van der Waals surface area (Å²) in [5.41, 5.74) is 0.526. The lowest BCUT2D eigenvalue weighted by Gasteiger charge is -2.21. The third-order valence-corrected chi connectivity index (χ3v) is 5.03. The van der Waals surface area contributed by atoms with Crippen LogP contribution >= 0.6 is 11.6 Å². The van der Waals surface area contributed by atoms with Crippen LogP contribution in [0.25, 0.3) is 0 Å². The van der Waals surface area contributed by atoms with Gasteiger partial charge in [-0.1, -0.05) is 31.5 Å². The van der Waals surface area contributed by atoms with E-state index >= 15 is 0 Å². The van der Waals surface area contributed by atoms with Crippen LogP contribution in [-0.2, 0) is 16.6 Å². The molecule has 0 radical (unpaired) electrons. The molecule has 6 heteroatoms. The Kier molecular flexibility index (Phi) is 6.26. The molecule has 0 saturated carbocycles. The van der Waals surface area contributed by atoms with Gasteiger partial charge in [0, 0.05) is 18.1 Å². The van der Waals surface area contributed by atoms with Crippen molar-refractivity contribution < 1.29 is 13.5 Å². The van der Waals surface area contributed by atoms with Crippen molar-refractivity contribution in [2.24, 2.45) is 0 Å². The number of sulfonamides is 1. The first-order valence-electron chi connectivity index (χ1n) is 6.36. The Morgan fingerprint density at radius 2 is 1.79 bits per heavy atom. The number of aliphatic hydroxyl groups is 1. The first-order valence-corrected chi connectivity index (χ1v) is 8.18. The molecule has 0 aliphatic rings. The van der Waals surface area contributed by atoms with Gasteiger partial charge in [0.05, 0.1) is 11.5 Å². The highest BCUT2D eigenvalue weighted by molar-refractivity contribution is 7.89. The molecule has 0 unspecified atom stereocenters. The van der Waals surface area contributed by atoms with E-state index < -0.39 is 10.0 Å². The fourth-order valence-corrected chi connectivity index (χ4v) is 3.77. The molecule has 0 atom stereocenters. The largest absolute Gasteiger partial charge is 0.392 e. The fraction of sp³-hybridized carbons (Fsp3) is 0.538. The van der Waals surface area contributed by atoms with Crippen molar-refractivity contribution in [3.63, 3.8) is 0 Å². The second kappa shape index (κ2) is 7.24. The van der Waals surface area contributed by atoms with Gasteiger partial charge in [-0.25, -0.2) is 8.42 Å². The highest BCUT2D eigenvalue weighted by Gasteiger charge is 2.23. The predicted molar refractivity (Wildman–Crippen MR) is 76.7 cm³/mol. The summed E-state index contributed by atoms with van der Waals surface area (Å²) in [6.07, 6.45) is 1.53. The molecule has 0 fully saturated rings. The normalized spacial score (nSPS) is 12.1. The Bertz CT molecular complexity index is 511. The zero-order valence-corrected chi connectivity index (χ0v) is 12.8. The highest BCUT2D eigenvalue weighted by Crippen LogP contribution is 2.23. The monoisotopic (exact) mass is 305 g/mol. The Labute approximate surface area is 120 Å². The molecule has 108 valence electrons. The minimum absolute atomic E-state index is 0.177. The van der Waals surface area contributed by atoms with Gasteiger partial charge in [-0.2, -0.15) is 4.31 Å². The Morgan fingerprint density at radius 3 is 2.21 bits per heavy atom. The lowest BCUT2D eigenvalue weighted by atomic mass is 10.2. The molecule has 0 spiro atoms. The molecule has 1 N–H and O–H groups in total. The van der Waals surface area contributed by atoms with E-state index in [1.165, 1.54) is 16.4 Å². The van der Waals surface area contributed by atoms with E-state index in [-0.39, 0.29) is 16.5 Å². The third kappa shape index (κ3) is 3.92. The van der Waals surface area contributed by atoms with E-state index in [0.29, 0.717) is 18.7 Å². The lowest BCUT2D eigenvalue weighted by Crippen LogP contribution is -2.32. The van der Waals surface area contributed by atoms with Crippen LogP contribution in [0.15, 0.2) is 23.1 Å². The number of halogens is 1. The molecular formula is C13H20ClNO3S. The molecule has 1 aromatic rings. The maximum atomic E-state index is 12.5. The summed E-state index contributed by atoms with van der Waals surface area (Å²) in [7, 11) is -3.51. The molecule has 0 heterocycles. The number of aliphatic hydroxyl groups excluding tert-OH is 1. The van der Waals surface area contributed by atoms with E-state index in [1.54, 1.807) is 6.07 Å². The summed E-state index contributed by atoms with van der Waals surface area (Å²) >= 11 is 5.95. The average Bonchev–Trinajstić information content (AvgIpc) is 2.38. The second-order valence-corrected chi connectivity index (χ2v) is 6.66. The summed E-state index contributed by atoms with van der Waals surface area (Å²) < 4.78 is 26.4. The van der Waals surface area contributed by atoms with Crippen molar-refractivity contribution >= 4 is 21.6 Å². The lowest BCUT2D eigenvalue weighted by molar-refractivity contribution is 0.282. The predicted octanol–water partition coefficient (Wildman–Crippen LogP) is 2.64. The van der Waals surface area contributed by atoms with Crippen molar-refractivity contribution in [2.75, 3.05) is 13.1 Å². The Hall–Kier alpha value is -0.620. The number of nitrogens with zero attached hydrogens (tertiary/aromatic N) is 1. The van der Waals surface area contributed by atoms with Crippen molar-refractivity contribution in [2.45, 2.75) is 38.2 Å². The van der Waals surface area contributed by atoms with Crippen LogP contribution in [0.4, 0.5) is 0 Å². The van der Waals surface area contributed by atoms with Gasteiger partial charge in [0.1, 0.15) is 0 Å². The summed E-state index contributed by atoms with van der Waals surface area (Å²) in [6.45, 7) is 4.68. The number of hydrogen-bond acceptors (Lipinski definition) is 3. The summed E-state index contributed by atoms with van der Waals surface area (Å²) in [6, 6.07) is 4.44. The number of benzene rings is 1. The summed E-state index contributed by atoms with van der Waals surface area (Å²) in [5.74, 6) is 0. The fourth-order valence-electron chi connectivity index (χ4n) is 1.82. The van der Waals surface area contributed by atoms with Crippen molar-refractivity contribution in [1.82, 2.24) is 4.31 Å². The van der Waals surface area contributed by atoms with E-state index in [1.807, 2.05) is 13.8 Å². The minimum atomic E-state index is -3.51. The van der Waals surface area contributed by atoms with E-state index in [2.05, 4.69) is 0 Å². The van der Waals surface area contributed by atoms with Gasteiger partial charge in [-0.3, -0.25) is 0 Å². The first kappa shape index (κ1) is 16.4. The van der Waals surface area contributed by atoms with Gasteiger partial charge in [-0.15, -0.1) is 0 Å². The zero-order valence-electron chi connectivity index (χ0n) is 11.3. The zero-order chi connectivity index (χ0) is 14.5. The van der Waals surface area contributed by atoms with E-state index in [4.69, 9.17) is 16.7 Å². The van der Waals surface area contributed by atoms with Crippen molar-refractivity contribution in [3.05, 3.63) is 28.8 Å². The van der Waals surface area contributed by atoms with Crippen LogP contribution in [0.1, 0.15) is 32.3 Å². The third-order valence-electron chi connectivity index (χ3n) is 2.78. The SMILES string of the molecule is CCCN(CCC)S(=O)(=O)c1ccc(CO)c(Cl)c1.